The van der Waals surface area contributed by atoms with Crippen LogP contribution in [0.15, 0.2) is 54.6 Å². The second-order valence-electron chi connectivity index (χ2n) is 10.2. The number of nitrogens with one attached hydrogen (secondary N) is 1. The van der Waals surface area contributed by atoms with Crippen molar-refractivity contribution < 1.29 is 28.5 Å². The molecule has 0 aliphatic heterocycles. The van der Waals surface area contributed by atoms with Gasteiger partial charge in [-0.05, 0) is 80.5 Å². The lowest BCUT2D eigenvalue weighted by Crippen LogP contribution is -2.46. The molecule has 0 amide bonds. The molecule has 3 N–H and O–H groups in total. The van der Waals surface area contributed by atoms with E-state index >= 15 is 0 Å². The molecule has 2 atom stereocenters. The standard InChI is InChI=1S/C30H35F2NO4/c1-18-10-11-22(28(32)27(18)31)15-30(4,5)33-16-23(34)17-37-20(3)25-8-6-7-9-26(25)21-12-13-24(29(35)36)19(2)14-21/h6-14,20,23,33-34H,15-17H2,1-5H3,(H,35,36)/t20?,23-/m1/s1. The molecule has 198 valence electrons. The molecule has 3 aromatic carbocycles. The summed E-state index contributed by atoms with van der Waals surface area (Å²) in [7, 11) is 0. The van der Waals surface area contributed by atoms with Gasteiger partial charge >= 0.3 is 5.97 Å². The molecule has 7 heteroatoms. The van der Waals surface area contributed by atoms with Crippen LogP contribution in [0.1, 0.15) is 59.5 Å². The maximum Gasteiger partial charge on any atom is 0.335 e. The van der Waals surface area contributed by atoms with Crippen LogP contribution in [-0.2, 0) is 11.2 Å². The van der Waals surface area contributed by atoms with Gasteiger partial charge in [0.15, 0.2) is 11.6 Å². The monoisotopic (exact) mass is 511 g/mol. The molecule has 0 bridgehead atoms. The number of aromatic carboxylic acids is 1. The smallest absolute Gasteiger partial charge is 0.335 e. The minimum absolute atomic E-state index is 0.0725. The molecule has 1 unspecified atom stereocenters. The number of carboxylic acid groups (broad SMARTS) is 1. The first-order valence-corrected chi connectivity index (χ1v) is 12.3. The van der Waals surface area contributed by atoms with E-state index in [-0.39, 0.29) is 42.4 Å². The second kappa shape index (κ2) is 11.9. The molecule has 3 aromatic rings. The molecular weight excluding hydrogens is 476 g/mol. The minimum Gasteiger partial charge on any atom is -0.478 e. The van der Waals surface area contributed by atoms with Crippen molar-refractivity contribution >= 4 is 5.97 Å². The maximum absolute atomic E-state index is 14.3. The number of hydrogen-bond acceptors (Lipinski definition) is 4. The van der Waals surface area contributed by atoms with E-state index in [2.05, 4.69) is 5.32 Å². The fourth-order valence-electron chi connectivity index (χ4n) is 4.34. The Kier molecular flexibility index (Phi) is 9.18. The number of hydrogen-bond donors (Lipinski definition) is 3. The summed E-state index contributed by atoms with van der Waals surface area (Å²) in [4.78, 5) is 11.4. The van der Waals surface area contributed by atoms with Crippen LogP contribution in [0.2, 0.25) is 0 Å². The van der Waals surface area contributed by atoms with Gasteiger partial charge in [-0.2, -0.15) is 0 Å². The molecule has 37 heavy (non-hydrogen) atoms. The van der Waals surface area contributed by atoms with Crippen molar-refractivity contribution in [3.8, 4) is 11.1 Å². The van der Waals surface area contributed by atoms with Gasteiger partial charge in [0, 0.05) is 12.1 Å². The molecule has 0 saturated carbocycles. The zero-order valence-corrected chi connectivity index (χ0v) is 21.9. The Morgan fingerprint density at radius 3 is 2.41 bits per heavy atom. The van der Waals surface area contributed by atoms with E-state index in [1.165, 1.54) is 6.92 Å². The molecule has 3 rings (SSSR count). The van der Waals surface area contributed by atoms with Gasteiger partial charge in [0.25, 0.3) is 0 Å². The van der Waals surface area contributed by atoms with Crippen molar-refractivity contribution in [2.45, 2.75) is 58.8 Å². The van der Waals surface area contributed by atoms with Gasteiger partial charge in [-0.3, -0.25) is 0 Å². The van der Waals surface area contributed by atoms with E-state index in [1.807, 2.05) is 51.1 Å². The van der Waals surface area contributed by atoms with Crippen molar-refractivity contribution in [3.63, 3.8) is 0 Å². The molecule has 0 fully saturated rings. The van der Waals surface area contributed by atoms with Crippen molar-refractivity contribution in [2.75, 3.05) is 13.2 Å². The largest absolute Gasteiger partial charge is 0.478 e. The van der Waals surface area contributed by atoms with Crippen molar-refractivity contribution in [3.05, 3.63) is 94.0 Å². The zero-order valence-electron chi connectivity index (χ0n) is 21.9. The Balaban J connectivity index is 1.60. The quantitative estimate of drug-likeness (QED) is 0.294. The molecule has 0 saturated heterocycles. The lowest BCUT2D eigenvalue weighted by molar-refractivity contribution is -0.00398. The number of carboxylic acids is 1. The fourth-order valence-corrected chi connectivity index (χ4v) is 4.34. The third-order valence-electron chi connectivity index (χ3n) is 6.51. The normalized spacial score (nSPS) is 13.4. The number of ether oxygens (including phenoxy) is 1. The van der Waals surface area contributed by atoms with Crippen LogP contribution in [0, 0.1) is 25.5 Å². The van der Waals surface area contributed by atoms with Gasteiger partial charge in [0.1, 0.15) is 0 Å². The second-order valence-corrected chi connectivity index (χ2v) is 10.2. The Morgan fingerprint density at radius 2 is 1.73 bits per heavy atom. The van der Waals surface area contributed by atoms with Crippen LogP contribution < -0.4 is 5.32 Å². The molecule has 0 aliphatic rings. The average Bonchev–Trinajstić information content (AvgIpc) is 2.86. The number of aryl methyl sites for hydroxylation is 2. The number of aliphatic hydroxyl groups is 1. The Morgan fingerprint density at radius 1 is 1.03 bits per heavy atom. The molecule has 0 aliphatic carbocycles. The van der Waals surface area contributed by atoms with Crippen molar-refractivity contribution in [1.82, 2.24) is 5.32 Å². The van der Waals surface area contributed by atoms with Crippen molar-refractivity contribution in [1.29, 1.82) is 0 Å². The summed E-state index contributed by atoms with van der Waals surface area (Å²) < 4.78 is 34.2. The van der Waals surface area contributed by atoms with Gasteiger partial charge in [-0.1, -0.05) is 48.5 Å². The number of aliphatic hydroxyl groups excluding tert-OH is 1. The van der Waals surface area contributed by atoms with E-state index in [0.717, 1.165) is 16.7 Å². The minimum atomic E-state index is -0.962. The van der Waals surface area contributed by atoms with E-state index in [9.17, 15) is 23.8 Å². The number of rotatable bonds is 11. The highest BCUT2D eigenvalue weighted by atomic mass is 19.2. The SMILES string of the molecule is Cc1cc(-c2ccccc2C(C)OC[C@H](O)CNC(C)(C)Cc2ccc(C)c(F)c2F)ccc1C(=O)O. The topological polar surface area (TPSA) is 78.8 Å². The highest BCUT2D eigenvalue weighted by molar-refractivity contribution is 5.90. The number of β-amino-alcohol motifs (C(OH)–C–C–N with tert-alkyl or cyclic N) is 1. The summed E-state index contributed by atoms with van der Waals surface area (Å²) in [6.45, 7) is 9.22. The highest BCUT2D eigenvalue weighted by Crippen LogP contribution is 2.31. The highest BCUT2D eigenvalue weighted by Gasteiger charge is 2.23. The fraction of sp³-hybridized carbons (Fsp3) is 0.367. The summed E-state index contributed by atoms with van der Waals surface area (Å²) in [6, 6.07) is 16.1. The lowest BCUT2D eigenvalue weighted by Gasteiger charge is -2.28. The van der Waals surface area contributed by atoms with Gasteiger partial charge in [0.05, 0.1) is 24.4 Å². The first-order valence-electron chi connectivity index (χ1n) is 12.3. The Hall–Kier alpha value is -3.13. The summed E-state index contributed by atoms with van der Waals surface area (Å²) in [5, 5.41) is 23.1. The van der Waals surface area contributed by atoms with Crippen LogP contribution in [0.25, 0.3) is 11.1 Å². The Bertz CT molecular complexity index is 1260. The van der Waals surface area contributed by atoms with Crippen LogP contribution in [0.4, 0.5) is 8.78 Å². The third kappa shape index (κ3) is 7.22. The predicted molar refractivity (Wildman–Crippen MR) is 141 cm³/mol. The number of carbonyl (C=O) groups is 1. The van der Waals surface area contributed by atoms with Crippen molar-refractivity contribution in [2.24, 2.45) is 0 Å². The van der Waals surface area contributed by atoms with Gasteiger partial charge in [-0.15, -0.1) is 0 Å². The first-order chi connectivity index (χ1) is 17.4. The number of benzene rings is 3. The molecule has 0 heterocycles. The van der Waals surface area contributed by atoms with E-state index in [4.69, 9.17) is 4.74 Å². The Labute approximate surface area is 217 Å². The van der Waals surface area contributed by atoms with Gasteiger partial charge in [0.2, 0.25) is 0 Å². The number of halogens is 2. The van der Waals surface area contributed by atoms with Gasteiger partial charge in [-0.25, -0.2) is 13.6 Å². The van der Waals surface area contributed by atoms with E-state index in [0.29, 0.717) is 5.56 Å². The average molecular weight is 512 g/mol. The maximum atomic E-state index is 14.3. The predicted octanol–water partition coefficient (Wildman–Crippen LogP) is 6.00. The van der Waals surface area contributed by atoms with Crippen LogP contribution in [-0.4, -0.2) is 41.0 Å². The summed E-state index contributed by atoms with van der Waals surface area (Å²) in [5.41, 5.74) is 3.63. The molecule has 5 nitrogen and oxygen atoms in total. The lowest BCUT2D eigenvalue weighted by atomic mass is 9.93. The summed E-state index contributed by atoms with van der Waals surface area (Å²) >= 11 is 0. The molecular formula is C30H35F2NO4. The first kappa shape index (κ1) is 28.4. The third-order valence-corrected chi connectivity index (χ3v) is 6.51. The van der Waals surface area contributed by atoms with E-state index < -0.39 is 29.2 Å². The summed E-state index contributed by atoms with van der Waals surface area (Å²) in [5.74, 6) is -2.63. The summed E-state index contributed by atoms with van der Waals surface area (Å²) in [6.07, 6.45) is -0.887. The molecule has 0 radical (unpaired) electrons. The van der Waals surface area contributed by atoms with Crippen LogP contribution in [0.5, 0.6) is 0 Å². The van der Waals surface area contributed by atoms with Crippen LogP contribution in [0.3, 0.4) is 0 Å². The van der Waals surface area contributed by atoms with Gasteiger partial charge < -0.3 is 20.3 Å². The zero-order chi connectivity index (χ0) is 27.3. The van der Waals surface area contributed by atoms with E-state index in [1.54, 1.807) is 31.2 Å². The molecule has 0 spiro atoms. The molecule has 0 aromatic heterocycles. The van der Waals surface area contributed by atoms with Crippen LogP contribution >= 0.6 is 0 Å².